The first-order valence-electron chi connectivity index (χ1n) is 6.34. The molecule has 8 heteroatoms. The average molecular weight is 415 g/mol. The quantitative estimate of drug-likeness (QED) is 0.355. The third kappa shape index (κ3) is 5.03. The molecule has 21 heavy (non-hydrogen) atoms. The van der Waals surface area contributed by atoms with Gasteiger partial charge in [0.05, 0.1) is 13.2 Å². The van der Waals surface area contributed by atoms with Gasteiger partial charge in [-0.05, 0) is 24.1 Å². The van der Waals surface area contributed by atoms with E-state index in [1.165, 1.54) is 0 Å². The fourth-order valence-electron chi connectivity index (χ4n) is 1.94. The molecule has 1 heterocycles. The number of hydrogen-bond acceptors (Lipinski definition) is 2. The number of nitrogens with two attached hydrogens (primary N) is 1. The summed E-state index contributed by atoms with van der Waals surface area (Å²) in [7, 11) is 0. The van der Waals surface area contributed by atoms with Crippen molar-refractivity contribution in [2.75, 3.05) is 32.8 Å². The van der Waals surface area contributed by atoms with Crippen LogP contribution in [0.25, 0.3) is 0 Å². The van der Waals surface area contributed by atoms with Crippen LogP contribution in [0.1, 0.15) is 5.56 Å². The summed E-state index contributed by atoms with van der Waals surface area (Å²) in [5.74, 6) is -3.45. The number of aliphatic imine (C=N–C) groups is 1. The van der Waals surface area contributed by atoms with Crippen LogP contribution in [0.4, 0.5) is 13.2 Å². The highest BCUT2D eigenvalue weighted by Crippen LogP contribution is 2.14. The van der Waals surface area contributed by atoms with Crippen LogP contribution >= 0.6 is 24.0 Å². The lowest BCUT2D eigenvalue weighted by Gasteiger charge is -2.27. The SMILES string of the molecule is I.NC(=NCCc1cc(F)c(F)c(F)c1)N1CCOCC1. The second-order valence-electron chi connectivity index (χ2n) is 4.46. The molecule has 0 amide bonds. The largest absolute Gasteiger partial charge is 0.378 e. The Morgan fingerprint density at radius 2 is 1.76 bits per heavy atom. The zero-order valence-electron chi connectivity index (χ0n) is 11.3. The Morgan fingerprint density at radius 1 is 1.19 bits per heavy atom. The number of ether oxygens (including phenoxy) is 1. The zero-order chi connectivity index (χ0) is 14.5. The second kappa shape index (κ2) is 8.42. The van der Waals surface area contributed by atoms with Crippen LogP contribution < -0.4 is 5.73 Å². The Bertz CT molecular complexity index is 484. The van der Waals surface area contributed by atoms with Gasteiger partial charge < -0.3 is 15.4 Å². The van der Waals surface area contributed by atoms with Crippen molar-refractivity contribution in [1.82, 2.24) is 4.90 Å². The van der Waals surface area contributed by atoms with Gasteiger partial charge in [-0.25, -0.2) is 13.2 Å². The maximum Gasteiger partial charge on any atom is 0.194 e. The first-order valence-corrected chi connectivity index (χ1v) is 6.34. The van der Waals surface area contributed by atoms with Crippen molar-refractivity contribution < 1.29 is 17.9 Å². The molecule has 4 nitrogen and oxygen atoms in total. The number of halogens is 4. The molecule has 1 aliphatic rings. The topological polar surface area (TPSA) is 50.8 Å². The molecule has 2 rings (SSSR count). The van der Waals surface area contributed by atoms with Gasteiger partial charge in [-0.1, -0.05) is 0 Å². The van der Waals surface area contributed by atoms with Crippen LogP contribution in [0.15, 0.2) is 17.1 Å². The van der Waals surface area contributed by atoms with Crippen LogP contribution in [0.2, 0.25) is 0 Å². The van der Waals surface area contributed by atoms with E-state index in [0.717, 1.165) is 12.1 Å². The zero-order valence-corrected chi connectivity index (χ0v) is 13.6. The van der Waals surface area contributed by atoms with Crippen molar-refractivity contribution in [2.45, 2.75) is 6.42 Å². The molecule has 0 atom stereocenters. The van der Waals surface area contributed by atoms with Crippen molar-refractivity contribution in [1.29, 1.82) is 0 Å². The molecule has 0 saturated carbocycles. The van der Waals surface area contributed by atoms with E-state index >= 15 is 0 Å². The summed E-state index contributed by atoms with van der Waals surface area (Å²) in [6.07, 6.45) is 0.291. The molecule has 0 spiro atoms. The van der Waals surface area contributed by atoms with Gasteiger partial charge in [0.1, 0.15) is 0 Å². The molecule has 1 fully saturated rings. The Labute approximate surface area is 138 Å². The van der Waals surface area contributed by atoms with Crippen LogP contribution in [-0.4, -0.2) is 43.7 Å². The molecule has 0 aliphatic carbocycles. The summed E-state index contributed by atoms with van der Waals surface area (Å²) < 4.78 is 44.0. The lowest BCUT2D eigenvalue weighted by Crippen LogP contribution is -2.44. The summed E-state index contributed by atoms with van der Waals surface area (Å²) in [5.41, 5.74) is 6.16. The van der Waals surface area contributed by atoms with E-state index in [1.54, 1.807) is 0 Å². The predicted molar refractivity (Wildman–Crippen MR) is 84.3 cm³/mol. The first kappa shape index (κ1) is 18.0. The highest BCUT2D eigenvalue weighted by atomic mass is 127. The molecule has 1 aromatic rings. The Balaban J connectivity index is 0.00000220. The molecule has 0 bridgehead atoms. The second-order valence-corrected chi connectivity index (χ2v) is 4.46. The van der Waals surface area contributed by atoms with Crippen molar-refractivity contribution in [3.63, 3.8) is 0 Å². The molecule has 0 unspecified atom stereocenters. The third-order valence-corrected chi connectivity index (χ3v) is 3.05. The number of guanidine groups is 1. The van der Waals surface area contributed by atoms with Gasteiger partial charge in [0.25, 0.3) is 0 Å². The number of nitrogens with zero attached hydrogens (tertiary/aromatic N) is 2. The fourth-order valence-corrected chi connectivity index (χ4v) is 1.94. The van der Waals surface area contributed by atoms with Gasteiger partial charge in [-0.15, -0.1) is 24.0 Å². The normalized spacial score (nSPS) is 15.8. The van der Waals surface area contributed by atoms with Gasteiger partial charge in [0.2, 0.25) is 0 Å². The van der Waals surface area contributed by atoms with E-state index in [2.05, 4.69) is 4.99 Å². The molecule has 1 saturated heterocycles. The molecule has 0 aromatic heterocycles. The maximum atomic E-state index is 13.0. The van der Waals surface area contributed by atoms with Gasteiger partial charge in [-0.2, -0.15) is 0 Å². The molecule has 1 aliphatic heterocycles. The number of hydrogen-bond donors (Lipinski definition) is 1. The highest BCUT2D eigenvalue weighted by Gasteiger charge is 2.12. The van der Waals surface area contributed by atoms with Gasteiger partial charge in [0, 0.05) is 19.6 Å². The minimum atomic E-state index is -1.45. The van der Waals surface area contributed by atoms with Crippen LogP contribution in [-0.2, 0) is 11.2 Å². The van der Waals surface area contributed by atoms with Crippen LogP contribution in [0.5, 0.6) is 0 Å². The van der Waals surface area contributed by atoms with Crippen LogP contribution in [0.3, 0.4) is 0 Å². The van der Waals surface area contributed by atoms with E-state index in [0.29, 0.717) is 44.2 Å². The summed E-state index contributed by atoms with van der Waals surface area (Å²) in [6.45, 7) is 2.84. The Morgan fingerprint density at radius 3 is 2.33 bits per heavy atom. The number of benzene rings is 1. The van der Waals surface area contributed by atoms with E-state index in [1.807, 2.05) is 4.90 Å². The lowest BCUT2D eigenvalue weighted by molar-refractivity contribution is 0.0674. The van der Waals surface area contributed by atoms with E-state index in [-0.39, 0.29) is 30.5 Å². The minimum Gasteiger partial charge on any atom is -0.378 e. The molecule has 2 N–H and O–H groups in total. The van der Waals surface area contributed by atoms with Crippen molar-refractivity contribution in [2.24, 2.45) is 10.7 Å². The van der Waals surface area contributed by atoms with Crippen molar-refractivity contribution in [3.8, 4) is 0 Å². The first-order chi connectivity index (χ1) is 9.58. The van der Waals surface area contributed by atoms with Gasteiger partial charge in [0.15, 0.2) is 23.4 Å². The fraction of sp³-hybridized carbons (Fsp3) is 0.462. The average Bonchev–Trinajstić information content (AvgIpc) is 2.45. The van der Waals surface area contributed by atoms with Gasteiger partial charge in [-0.3, -0.25) is 4.99 Å². The molecule has 118 valence electrons. The molecular formula is C13H17F3IN3O. The van der Waals surface area contributed by atoms with E-state index in [9.17, 15) is 13.2 Å². The molecular weight excluding hydrogens is 398 g/mol. The van der Waals surface area contributed by atoms with Crippen molar-refractivity contribution in [3.05, 3.63) is 35.1 Å². The standard InChI is InChI=1S/C13H16F3N3O.HI/c14-10-7-9(8-11(15)12(10)16)1-2-18-13(17)19-3-5-20-6-4-19;/h7-8H,1-6H2,(H2,17,18);1H. The monoisotopic (exact) mass is 415 g/mol. The summed E-state index contributed by atoms with van der Waals surface area (Å²) >= 11 is 0. The lowest BCUT2D eigenvalue weighted by atomic mass is 10.1. The van der Waals surface area contributed by atoms with Gasteiger partial charge >= 0.3 is 0 Å². The number of rotatable bonds is 3. The minimum absolute atomic E-state index is 0. The van der Waals surface area contributed by atoms with E-state index in [4.69, 9.17) is 10.5 Å². The smallest absolute Gasteiger partial charge is 0.194 e. The summed E-state index contributed by atoms with van der Waals surface area (Å²) in [6, 6.07) is 1.94. The Kier molecular flexibility index (Phi) is 7.23. The highest BCUT2D eigenvalue weighted by molar-refractivity contribution is 14.0. The molecule has 1 aromatic carbocycles. The molecule has 0 radical (unpaired) electrons. The summed E-state index contributed by atoms with van der Waals surface area (Å²) in [5, 5.41) is 0. The predicted octanol–water partition coefficient (Wildman–Crippen LogP) is 1.91. The van der Waals surface area contributed by atoms with Crippen LogP contribution in [0, 0.1) is 17.5 Å². The van der Waals surface area contributed by atoms with E-state index < -0.39 is 17.5 Å². The maximum absolute atomic E-state index is 13.0. The number of morpholine rings is 1. The Hall–Kier alpha value is -1.03. The van der Waals surface area contributed by atoms with Crippen molar-refractivity contribution >= 4 is 29.9 Å². The summed E-state index contributed by atoms with van der Waals surface area (Å²) in [4.78, 5) is 6.04. The third-order valence-electron chi connectivity index (χ3n) is 3.05.